The van der Waals surface area contributed by atoms with E-state index in [1.54, 1.807) is 0 Å². The Morgan fingerprint density at radius 3 is 2.72 bits per heavy atom. The van der Waals surface area contributed by atoms with Gasteiger partial charge in [0.25, 0.3) is 0 Å². The molecule has 0 fully saturated rings. The van der Waals surface area contributed by atoms with Gasteiger partial charge in [-0.1, -0.05) is 48.6 Å². The number of hydrogen-bond donors (Lipinski definition) is 0. The molecule has 2 heteroatoms. The average molecular weight is 318 g/mol. The van der Waals surface area contributed by atoms with E-state index in [2.05, 4.69) is 76.8 Å². The number of hydrogen-bond acceptors (Lipinski definition) is 2. The first-order chi connectivity index (χ1) is 12.4. The predicted octanol–water partition coefficient (Wildman–Crippen LogP) is 4.83. The quantitative estimate of drug-likeness (QED) is 0.683. The molecule has 116 valence electrons. The number of allylic oxidation sites excluding steroid dienone is 7. The summed E-state index contributed by atoms with van der Waals surface area (Å²) in [5, 5.41) is 0. The van der Waals surface area contributed by atoms with Crippen molar-refractivity contribution in [2.45, 2.75) is 0 Å². The molecule has 2 heterocycles. The Morgan fingerprint density at radius 1 is 0.840 bits per heavy atom. The summed E-state index contributed by atoms with van der Waals surface area (Å²) in [6, 6.07) is 12.7. The van der Waals surface area contributed by atoms with Crippen LogP contribution in [-0.2, 0) is 0 Å². The molecule has 3 aliphatic carbocycles. The molecule has 0 saturated heterocycles. The topological polar surface area (TPSA) is 25.2 Å². The third-order valence-corrected chi connectivity index (χ3v) is 5.51. The van der Waals surface area contributed by atoms with Gasteiger partial charge in [0.1, 0.15) is 0 Å². The Bertz CT molecular complexity index is 1040. The minimum atomic E-state index is -0.263. The van der Waals surface area contributed by atoms with Gasteiger partial charge in [-0.25, -0.2) is 0 Å². The second-order valence-corrected chi connectivity index (χ2v) is 6.75. The van der Waals surface area contributed by atoms with E-state index in [1.807, 2.05) is 18.5 Å². The summed E-state index contributed by atoms with van der Waals surface area (Å²) in [4.78, 5) is 9.24. The lowest BCUT2D eigenvalue weighted by Crippen LogP contribution is -2.28. The number of rotatable bonds is 0. The molecule has 0 radical (unpaired) electrons. The second-order valence-electron chi connectivity index (χ2n) is 6.75. The Hall–Kier alpha value is -3.26. The van der Waals surface area contributed by atoms with E-state index in [1.165, 1.54) is 27.8 Å². The van der Waals surface area contributed by atoms with Crippen molar-refractivity contribution in [3.63, 3.8) is 0 Å². The molecule has 0 saturated carbocycles. The molecular formula is C23H14N2. The molecule has 1 spiro atoms. The van der Waals surface area contributed by atoms with Crippen molar-refractivity contribution < 1.29 is 0 Å². The van der Waals surface area contributed by atoms with E-state index in [9.17, 15) is 0 Å². The average Bonchev–Trinajstić information content (AvgIpc) is 3.23. The van der Waals surface area contributed by atoms with Crippen LogP contribution >= 0.6 is 0 Å². The van der Waals surface area contributed by atoms with Crippen LogP contribution in [0.1, 0.15) is 22.4 Å². The van der Waals surface area contributed by atoms with E-state index in [-0.39, 0.29) is 5.41 Å². The highest BCUT2D eigenvalue weighted by atomic mass is 14.8. The van der Waals surface area contributed by atoms with Gasteiger partial charge in [-0.3, -0.25) is 9.98 Å². The summed E-state index contributed by atoms with van der Waals surface area (Å²) in [7, 11) is 0. The van der Waals surface area contributed by atoms with Crippen molar-refractivity contribution in [1.82, 2.24) is 4.98 Å². The number of aliphatic imine (C=N–C) groups is 1. The highest BCUT2D eigenvalue weighted by Gasteiger charge is 2.44. The van der Waals surface area contributed by atoms with Crippen LogP contribution in [0, 0.1) is 5.41 Å². The lowest BCUT2D eigenvalue weighted by Gasteiger charge is -2.35. The van der Waals surface area contributed by atoms with Crippen LogP contribution in [-0.4, -0.2) is 10.7 Å². The Balaban J connectivity index is 1.60. The summed E-state index contributed by atoms with van der Waals surface area (Å²) < 4.78 is 0. The second kappa shape index (κ2) is 4.42. The highest BCUT2D eigenvalue weighted by molar-refractivity contribution is 6.23. The first kappa shape index (κ1) is 13.1. The van der Waals surface area contributed by atoms with Crippen LogP contribution in [0.3, 0.4) is 0 Å². The monoisotopic (exact) mass is 318 g/mol. The van der Waals surface area contributed by atoms with Crippen LogP contribution in [0.4, 0.5) is 0 Å². The summed E-state index contributed by atoms with van der Waals surface area (Å²) in [5.74, 6) is 0. The van der Waals surface area contributed by atoms with E-state index in [0.717, 1.165) is 17.0 Å². The van der Waals surface area contributed by atoms with Crippen molar-refractivity contribution >= 4 is 23.4 Å². The minimum absolute atomic E-state index is 0.263. The van der Waals surface area contributed by atoms with Gasteiger partial charge in [0, 0.05) is 18.0 Å². The molecule has 2 nitrogen and oxygen atoms in total. The SMILES string of the molecule is C1=CC2(C=CN=C3C2=Cc2cccnc23)C2=Cc3ccccc3C2=C1. The Morgan fingerprint density at radius 2 is 1.72 bits per heavy atom. The molecule has 2 aromatic rings. The zero-order valence-corrected chi connectivity index (χ0v) is 13.5. The molecule has 1 atom stereocenters. The Kier molecular flexibility index (Phi) is 2.31. The van der Waals surface area contributed by atoms with Gasteiger partial charge in [0.05, 0.1) is 16.8 Å². The molecule has 0 bridgehead atoms. The molecule has 1 aromatic heterocycles. The maximum Gasteiger partial charge on any atom is 0.0961 e. The highest BCUT2D eigenvalue weighted by Crippen LogP contribution is 2.55. The van der Waals surface area contributed by atoms with Crippen molar-refractivity contribution in [2.75, 3.05) is 0 Å². The predicted molar refractivity (Wildman–Crippen MR) is 102 cm³/mol. The van der Waals surface area contributed by atoms with E-state index < -0.39 is 0 Å². The third kappa shape index (κ3) is 1.54. The number of pyridine rings is 1. The largest absolute Gasteiger partial charge is 0.255 e. The van der Waals surface area contributed by atoms with Gasteiger partial charge < -0.3 is 0 Å². The van der Waals surface area contributed by atoms with Crippen LogP contribution in [0.25, 0.3) is 17.7 Å². The summed E-state index contributed by atoms with van der Waals surface area (Å²) >= 11 is 0. The van der Waals surface area contributed by atoms with Crippen molar-refractivity contribution in [3.8, 4) is 0 Å². The van der Waals surface area contributed by atoms with Gasteiger partial charge >= 0.3 is 0 Å². The van der Waals surface area contributed by atoms with Crippen LogP contribution < -0.4 is 0 Å². The zero-order chi connectivity index (χ0) is 16.4. The molecule has 4 aliphatic rings. The fraction of sp³-hybridized carbons (Fsp3) is 0.0435. The van der Waals surface area contributed by atoms with Crippen molar-refractivity contribution in [1.29, 1.82) is 0 Å². The fourth-order valence-corrected chi connectivity index (χ4v) is 4.38. The Labute approximate surface area is 146 Å². The van der Waals surface area contributed by atoms with Gasteiger partial charge in [0.2, 0.25) is 0 Å². The fourth-order valence-electron chi connectivity index (χ4n) is 4.38. The zero-order valence-electron chi connectivity index (χ0n) is 13.5. The molecule has 25 heavy (non-hydrogen) atoms. The van der Waals surface area contributed by atoms with Gasteiger partial charge in [0.15, 0.2) is 0 Å². The van der Waals surface area contributed by atoms with Crippen LogP contribution in [0.15, 0.2) is 89.2 Å². The maximum absolute atomic E-state index is 4.67. The van der Waals surface area contributed by atoms with Crippen molar-refractivity contribution in [3.05, 3.63) is 107 Å². The molecule has 1 aliphatic heterocycles. The number of aromatic nitrogens is 1. The molecule has 6 rings (SSSR count). The summed E-state index contributed by atoms with van der Waals surface area (Å²) in [5.41, 5.74) is 9.35. The van der Waals surface area contributed by atoms with Gasteiger partial charge in [-0.05, 0) is 52.1 Å². The smallest absolute Gasteiger partial charge is 0.0961 e. The summed E-state index contributed by atoms with van der Waals surface area (Å²) in [6.07, 6.45) is 17.3. The van der Waals surface area contributed by atoms with Crippen LogP contribution in [0.2, 0.25) is 0 Å². The molecule has 1 unspecified atom stereocenters. The number of nitrogens with zero attached hydrogens (tertiary/aromatic N) is 2. The first-order valence-corrected chi connectivity index (χ1v) is 8.52. The maximum atomic E-state index is 4.67. The lowest BCUT2D eigenvalue weighted by molar-refractivity contribution is 0.754. The standard InChI is InChI=1S/C23H14N2/c1-2-7-17-15(5-1)13-19-18(17)8-3-9-23(19)10-12-25-22-20(23)14-16-6-4-11-24-21(16)22/h1-14H. The van der Waals surface area contributed by atoms with Crippen LogP contribution in [0.5, 0.6) is 0 Å². The summed E-state index contributed by atoms with van der Waals surface area (Å²) in [6.45, 7) is 0. The molecule has 1 aromatic carbocycles. The van der Waals surface area contributed by atoms with Crippen molar-refractivity contribution in [2.24, 2.45) is 10.4 Å². The normalized spacial score (nSPS) is 24.0. The minimum Gasteiger partial charge on any atom is -0.255 e. The van der Waals surface area contributed by atoms with E-state index in [4.69, 9.17) is 0 Å². The molecule has 0 N–H and O–H groups in total. The number of fused-ring (bicyclic) bond motifs is 8. The third-order valence-electron chi connectivity index (χ3n) is 5.51. The van der Waals surface area contributed by atoms with E-state index >= 15 is 0 Å². The number of benzene rings is 1. The molecular weight excluding hydrogens is 304 g/mol. The van der Waals surface area contributed by atoms with Gasteiger partial charge in [-0.15, -0.1) is 0 Å². The van der Waals surface area contributed by atoms with Gasteiger partial charge in [-0.2, -0.15) is 0 Å². The molecule has 0 amide bonds. The first-order valence-electron chi connectivity index (χ1n) is 8.52. The lowest BCUT2D eigenvalue weighted by atomic mass is 9.67. The van der Waals surface area contributed by atoms with E-state index in [0.29, 0.717) is 0 Å².